The maximum atomic E-state index is 13.1. The molecule has 0 fully saturated rings. The fraction of sp³-hybridized carbons (Fsp3) is 0.222. The Morgan fingerprint density at radius 3 is 2.56 bits per heavy atom. The van der Waals surface area contributed by atoms with Gasteiger partial charge in [0, 0.05) is 12.6 Å². The van der Waals surface area contributed by atoms with Crippen molar-refractivity contribution in [2.75, 3.05) is 0 Å². The number of hydrogen-bond donors (Lipinski definition) is 0. The Balaban J connectivity index is 1.53. The maximum Gasteiger partial charge on any atom is 0.247 e. The van der Waals surface area contributed by atoms with Gasteiger partial charge in [0.25, 0.3) is 0 Å². The Labute approximate surface area is 158 Å². The lowest BCUT2D eigenvalue weighted by molar-refractivity contribution is 0.508. The molecule has 0 radical (unpaired) electrons. The van der Waals surface area contributed by atoms with Crippen LogP contribution in [0.3, 0.4) is 0 Å². The number of rotatable bonds is 5. The molecular weight excluding hydrogens is 369 g/mol. The molecule has 0 amide bonds. The zero-order valence-electron chi connectivity index (χ0n) is 14.9. The molecule has 0 N–H and O–H groups in total. The van der Waals surface area contributed by atoms with E-state index in [9.17, 15) is 4.39 Å². The van der Waals surface area contributed by atoms with Gasteiger partial charge in [0.15, 0.2) is 11.0 Å². The van der Waals surface area contributed by atoms with Crippen LogP contribution in [0.5, 0.6) is 0 Å². The average molecular weight is 385 g/mol. The van der Waals surface area contributed by atoms with Crippen LogP contribution < -0.4 is 0 Å². The van der Waals surface area contributed by atoms with Gasteiger partial charge in [0.2, 0.25) is 11.8 Å². The van der Waals surface area contributed by atoms with Crippen LogP contribution in [0.25, 0.3) is 22.8 Å². The molecule has 0 unspecified atom stereocenters. The lowest BCUT2D eigenvalue weighted by atomic mass is 10.2. The first-order valence-electron chi connectivity index (χ1n) is 8.23. The molecule has 0 saturated heterocycles. The summed E-state index contributed by atoms with van der Waals surface area (Å²) in [5.74, 6) is 2.02. The molecule has 4 aromatic rings. The van der Waals surface area contributed by atoms with Crippen LogP contribution in [0, 0.1) is 12.7 Å². The Morgan fingerprint density at radius 1 is 1.07 bits per heavy atom. The van der Waals surface area contributed by atoms with Crippen molar-refractivity contribution in [1.82, 2.24) is 25.0 Å². The minimum absolute atomic E-state index is 0.132. The predicted octanol–water partition coefficient (Wildman–Crippen LogP) is 4.43. The van der Waals surface area contributed by atoms with E-state index in [1.807, 2.05) is 31.5 Å². The van der Waals surface area contributed by atoms with E-state index >= 15 is 0 Å². The fourth-order valence-corrected chi connectivity index (χ4v) is 3.43. The molecule has 0 aliphatic heterocycles. The van der Waals surface area contributed by atoms with Crippen LogP contribution >= 0.6 is 11.8 Å². The number of aryl methyl sites for hydroxylation is 1. The second-order valence-electron chi connectivity index (χ2n) is 5.97. The summed E-state index contributed by atoms with van der Waals surface area (Å²) >= 11 is 1.46. The third-order valence-corrected chi connectivity index (χ3v) is 5.22. The molecule has 0 aliphatic carbocycles. The van der Waals surface area contributed by atoms with Gasteiger partial charge in [-0.05, 0) is 44.2 Å². The van der Waals surface area contributed by atoms with Crippen molar-refractivity contribution in [2.24, 2.45) is 7.05 Å². The maximum absolute atomic E-state index is 13.1. The predicted molar refractivity (Wildman–Crippen MR) is 97.4 cm³/mol. The van der Waals surface area contributed by atoms with Gasteiger partial charge in [-0.25, -0.2) is 4.39 Å². The number of benzene rings is 1. The van der Waals surface area contributed by atoms with Crippen LogP contribution in [0.4, 0.5) is 4.39 Å². The summed E-state index contributed by atoms with van der Waals surface area (Å²) in [6.45, 7) is 3.83. The molecule has 1 aromatic carbocycles. The molecule has 27 heavy (non-hydrogen) atoms. The monoisotopic (exact) mass is 385 g/mol. The molecule has 0 spiro atoms. The topological polar surface area (TPSA) is 82.8 Å². The van der Waals surface area contributed by atoms with Crippen molar-refractivity contribution < 1.29 is 13.2 Å². The van der Waals surface area contributed by atoms with Crippen LogP contribution in [0.15, 0.2) is 50.6 Å². The van der Waals surface area contributed by atoms with E-state index in [0.717, 1.165) is 22.3 Å². The van der Waals surface area contributed by atoms with E-state index in [1.54, 1.807) is 18.4 Å². The highest BCUT2D eigenvalue weighted by atomic mass is 32.2. The van der Waals surface area contributed by atoms with Crippen LogP contribution in [0.2, 0.25) is 0 Å². The van der Waals surface area contributed by atoms with E-state index in [1.165, 1.54) is 23.9 Å². The highest BCUT2D eigenvalue weighted by Crippen LogP contribution is 2.35. The van der Waals surface area contributed by atoms with Crippen molar-refractivity contribution in [2.45, 2.75) is 24.3 Å². The van der Waals surface area contributed by atoms with Crippen molar-refractivity contribution in [3.8, 4) is 22.8 Å². The third-order valence-electron chi connectivity index (χ3n) is 4.10. The van der Waals surface area contributed by atoms with Crippen molar-refractivity contribution >= 4 is 11.8 Å². The Kier molecular flexibility index (Phi) is 4.53. The molecule has 7 nitrogen and oxygen atoms in total. The second-order valence-corrected chi connectivity index (χ2v) is 7.28. The summed E-state index contributed by atoms with van der Waals surface area (Å²) in [5, 5.41) is 17.3. The summed E-state index contributed by atoms with van der Waals surface area (Å²) in [5.41, 5.74) is 1.57. The van der Waals surface area contributed by atoms with Crippen molar-refractivity contribution in [3.63, 3.8) is 0 Å². The van der Waals surface area contributed by atoms with Gasteiger partial charge >= 0.3 is 0 Å². The molecule has 9 heteroatoms. The molecule has 3 aromatic heterocycles. The highest BCUT2D eigenvalue weighted by Gasteiger charge is 2.21. The molecule has 0 aliphatic rings. The number of halogens is 1. The molecule has 3 heterocycles. The lowest BCUT2D eigenvalue weighted by Crippen LogP contribution is -1.97. The second kappa shape index (κ2) is 6.99. The van der Waals surface area contributed by atoms with Crippen LogP contribution in [-0.2, 0) is 7.05 Å². The first-order valence-corrected chi connectivity index (χ1v) is 9.10. The Hall–Kier alpha value is -2.94. The standard InChI is InChI=1S/C18H16FN5O2S/c1-10-14(8-9-25-10)15-20-23-18(24(15)3)27-11(2)16-21-22-17(26-16)12-4-6-13(19)7-5-12/h4-9,11H,1-3H3/t11-/m0/s1. The lowest BCUT2D eigenvalue weighted by Gasteiger charge is -2.06. The summed E-state index contributed by atoms with van der Waals surface area (Å²) in [6.07, 6.45) is 1.63. The normalized spacial score (nSPS) is 12.4. The zero-order valence-corrected chi connectivity index (χ0v) is 15.7. The van der Waals surface area contributed by atoms with Crippen LogP contribution in [-0.4, -0.2) is 25.0 Å². The summed E-state index contributed by atoms with van der Waals surface area (Å²) in [4.78, 5) is 0. The van der Waals surface area contributed by atoms with E-state index in [2.05, 4.69) is 20.4 Å². The first-order chi connectivity index (χ1) is 13.0. The molecule has 0 saturated carbocycles. The van der Waals surface area contributed by atoms with E-state index in [0.29, 0.717) is 17.3 Å². The van der Waals surface area contributed by atoms with Gasteiger partial charge in [0.05, 0.1) is 17.1 Å². The van der Waals surface area contributed by atoms with E-state index in [-0.39, 0.29) is 11.1 Å². The molecule has 0 bridgehead atoms. The largest absolute Gasteiger partial charge is 0.469 e. The van der Waals surface area contributed by atoms with E-state index < -0.39 is 0 Å². The van der Waals surface area contributed by atoms with Gasteiger partial charge in [-0.15, -0.1) is 20.4 Å². The Bertz CT molecular complexity index is 1070. The van der Waals surface area contributed by atoms with Gasteiger partial charge < -0.3 is 13.4 Å². The SMILES string of the molecule is Cc1occc1-c1nnc(S[C@@H](C)c2nnc(-c3ccc(F)cc3)o2)n1C. The van der Waals surface area contributed by atoms with Gasteiger partial charge in [0.1, 0.15) is 11.6 Å². The van der Waals surface area contributed by atoms with Gasteiger partial charge in [-0.1, -0.05) is 11.8 Å². The molecule has 1 atom stereocenters. The van der Waals surface area contributed by atoms with Gasteiger partial charge in [-0.3, -0.25) is 0 Å². The minimum Gasteiger partial charge on any atom is -0.469 e. The number of thioether (sulfide) groups is 1. The number of nitrogens with zero attached hydrogens (tertiary/aromatic N) is 5. The average Bonchev–Trinajstić information content (AvgIpc) is 3.37. The smallest absolute Gasteiger partial charge is 0.247 e. The quantitative estimate of drug-likeness (QED) is 0.470. The van der Waals surface area contributed by atoms with Crippen molar-refractivity contribution in [3.05, 3.63) is 54.1 Å². The molecule has 4 rings (SSSR count). The molecule has 138 valence electrons. The van der Waals surface area contributed by atoms with Gasteiger partial charge in [-0.2, -0.15) is 0 Å². The van der Waals surface area contributed by atoms with E-state index in [4.69, 9.17) is 8.83 Å². The summed E-state index contributed by atoms with van der Waals surface area (Å²) < 4.78 is 26.0. The minimum atomic E-state index is -0.312. The Morgan fingerprint density at radius 2 is 1.85 bits per heavy atom. The first kappa shape index (κ1) is 17.5. The van der Waals surface area contributed by atoms with Crippen LogP contribution in [0.1, 0.15) is 23.8 Å². The summed E-state index contributed by atoms with van der Waals surface area (Å²) in [6, 6.07) is 7.79. The number of furan rings is 1. The third kappa shape index (κ3) is 3.37. The zero-order chi connectivity index (χ0) is 19.0. The molecular formula is C18H16FN5O2S. The number of aromatic nitrogens is 5. The fourth-order valence-electron chi connectivity index (χ4n) is 2.59. The summed E-state index contributed by atoms with van der Waals surface area (Å²) in [7, 11) is 1.90. The number of hydrogen-bond acceptors (Lipinski definition) is 7. The highest BCUT2D eigenvalue weighted by molar-refractivity contribution is 7.99. The van der Waals surface area contributed by atoms with Crippen molar-refractivity contribution in [1.29, 1.82) is 0 Å².